The summed E-state index contributed by atoms with van der Waals surface area (Å²) >= 11 is 7.29. The van der Waals surface area contributed by atoms with Crippen LogP contribution in [0.1, 0.15) is 5.01 Å². The van der Waals surface area contributed by atoms with Gasteiger partial charge in [-0.3, -0.25) is 9.00 Å². The zero-order chi connectivity index (χ0) is 32.2. The number of carbonyl (C=O) groups excluding carboxylic acids is 1. The smallest absolute Gasteiger partial charge is 0.313 e. The van der Waals surface area contributed by atoms with E-state index in [-0.39, 0.29) is 11.5 Å². The van der Waals surface area contributed by atoms with E-state index < -0.39 is 22.7 Å². The summed E-state index contributed by atoms with van der Waals surface area (Å²) in [4.78, 5) is 25.8. The molecule has 1 aliphatic rings. The van der Waals surface area contributed by atoms with Crippen molar-refractivity contribution in [1.29, 1.82) is 0 Å². The van der Waals surface area contributed by atoms with E-state index in [0.717, 1.165) is 41.5 Å². The lowest BCUT2D eigenvalue weighted by Crippen LogP contribution is -2.36. The number of benzene rings is 2. The van der Waals surface area contributed by atoms with Crippen LogP contribution in [0.4, 0.5) is 5.69 Å². The Bertz CT molecular complexity index is 1670. The molecule has 4 rings (SSSR count). The van der Waals surface area contributed by atoms with Gasteiger partial charge in [-0.1, -0.05) is 53.5 Å². The number of rotatable bonds is 17. The number of aromatic nitrogens is 1. The molecule has 1 unspecified atom stereocenters. The maximum atomic E-state index is 12.1. The molecule has 1 aromatic heterocycles. The maximum absolute atomic E-state index is 12.1. The molecular weight excluding hydrogens is 689 g/mol. The van der Waals surface area contributed by atoms with E-state index in [1.165, 1.54) is 35.6 Å². The molecule has 0 amide bonds. The Morgan fingerprint density at radius 3 is 2.60 bits per heavy atom. The predicted molar refractivity (Wildman–Crippen MR) is 191 cm³/mol. The van der Waals surface area contributed by atoms with Crippen molar-refractivity contribution >= 4 is 103 Å². The van der Waals surface area contributed by atoms with Crippen LogP contribution in [-0.4, -0.2) is 63.3 Å². The fraction of sp³-hybridized carbons (Fsp3) is 0.258. The Balaban J connectivity index is 1.46. The molecule has 45 heavy (non-hydrogen) atoms. The van der Waals surface area contributed by atoms with E-state index in [1.54, 1.807) is 29.4 Å². The van der Waals surface area contributed by atoms with Gasteiger partial charge in [-0.2, -0.15) is 4.57 Å². The molecule has 8 nitrogen and oxygen atoms in total. The molecule has 0 bridgehead atoms. The van der Waals surface area contributed by atoms with Crippen molar-refractivity contribution in [2.45, 2.75) is 16.3 Å². The van der Waals surface area contributed by atoms with Gasteiger partial charge in [0.15, 0.2) is 6.54 Å². The second-order valence-electron chi connectivity index (χ2n) is 9.31. The maximum Gasteiger partial charge on any atom is 0.313 e. The van der Waals surface area contributed by atoms with Crippen LogP contribution < -0.4 is 18.8 Å². The van der Waals surface area contributed by atoms with Crippen LogP contribution in [-0.2, 0) is 26.9 Å². The van der Waals surface area contributed by atoms with E-state index >= 15 is 0 Å². The molecule has 2 heterocycles. The molecule has 1 atom stereocenters. The average Bonchev–Trinajstić information content (AvgIpc) is 3.53. The number of allylic oxidation sites excluding steroid dienone is 6. The lowest BCUT2D eigenvalue weighted by molar-refractivity contribution is -0.664. The fourth-order valence-corrected chi connectivity index (χ4v) is 8.54. The van der Waals surface area contributed by atoms with Crippen LogP contribution in [0.3, 0.4) is 0 Å². The van der Waals surface area contributed by atoms with Crippen molar-refractivity contribution in [3.05, 3.63) is 82.9 Å². The largest absolute Gasteiger partial charge is 0.549 e. The number of thioether (sulfide) groups is 3. The first-order valence-corrected chi connectivity index (χ1v) is 20.3. The number of nitrogens with zero attached hydrogens (tertiary/aromatic N) is 2. The first-order valence-electron chi connectivity index (χ1n) is 13.7. The Morgan fingerprint density at radius 1 is 1.07 bits per heavy atom. The van der Waals surface area contributed by atoms with E-state index in [1.807, 2.05) is 85.2 Å². The summed E-state index contributed by atoms with van der Waals surface area (Å²) in [5.74, 6) is 0.182. The highest BCUT2D eigenvalue weighted by molar-refractivity contribution is 8.03. The molecule has 0 saturated heterocycles. The summed E-state index contributed by atoms with van der Waals surface area (Å²) in [6, 6.07) is 11.8. The van der Waals surface area contributed by atoms with Crippen LogP contribution in [0.2, 0.25) is 0 Å². The summed E-state index contributed by atoms with van der Waals surface area (Å²) in [6.07, 6.45) is 17.4. The lowest BCUT2D eigenvalue weighted by atomic mass is 10.3. The minimum atomic E-state index is -1.10. The number of anilines is 1. The van der Waals surface area contributed by atoms with Crippen molar-refractivity contribution < 1.29 is 32.8 Å². The molecular formula is C31H32N2O6S6. The first kappa shape index (κ1) is 35.2. The average molecular weight is 721 g/mol. The molecule has 0 radical (unpaired) electrons. The zero-order valence-corrected chi connectivity index (χ0v) is 29.5. The second kappa shape index (κ2) is 17.9. The number of aliphatic carboxylic acids is 2. The number of hydrogen-bond donors (Lipinski definition) is 1. The SMILES string of the molecule is CSOc1ccc2sc(/C=C/C=C/C=C/C=C3\Sc4ccc(S(C)=O)cc4N3CCSCC(=O)O)[n+](CCSCC(=O)[O-])c2c1. The normalized spacial score (nSPS) is 14.8. The van der Waals surface area contributed by atoms with E-state index in [0.29, 0.717) is 24.6 Å². The van der Waals surface area contributed by atoms with Gasteiger partial charge in [-0.05, 0) is 36.4 Å². The number of aryl methyl sites for hydroxylation is 1. The van der Waals surface area contributed by atoms with Gasteiger partial charge in [0.05, 0.1) is 46.3 Å². The van der Waals surface area contributed by atoms with Gasteiger partial charge in [0.1, 0.15) is 10.4 Å². The molecule has 3 aromatic rings. The highest BCUT2D eigenvalue weighted by Gasteiger charge is 2.25. The van der Waals surface area contributed by atoms with Crippen LogP contribution in [0.15, 0.2) is 87.7 Å². The molecule has 1 aliphatic heterocycles. The van der Waals surface area contributed by atoms with Crippen LogP contribution in [0, 0.1) is 0 Å². The highest BCUT2D eigenvalue weighted by atomic mass is 32.2. The van der Waals surface area contributed by atoms with Gasteiger partial charge in [0, 0.05) is 57.2 Å². The summed E-state index contributed by atoms with van der Waals surface area (Å²) in [6.45, 7) is 1.29. The van der Waals surface area contributed by atoms with Crippen LogP contribution in [0.5, 0.6) is 5.75 Å². The Labute approximate surface area is 286 Å². The number of thiazole rings is 1. The number of hydrogen-bond acceptors (Lipinski definition) is 11. The molecule has 0 aliphatic carbocycles. The predicted octanol–water partition coefficient (Wildman–Crippen LogP) is 5.46. The fourth-order valence-electron chi connectivity index (χ4n) is 4.29. The zero-order valence-electron chi connectivity index (χ0n) is 24.6. The summed E-state index contributed by atoms with van der Waals surface area (Å²) in [5.41, 5.74) is 2.03. The minimum absolute atomic E-state index is 0.0351. The molecule has 0 saturated carbocycles. The first-order chi connectivity index (χ1) is 21.8. The highest BCUT2D eigenvalue weighted by Crippen LogP contribution is 2.46. The third-order valence-electron chi connectivity index (χ3n) is 6.20. The Kier molecular flexibility index (Phi) is 14.0. The standard InChI is InChI=1S/C31H32N2O6S6/c1-40-39-22-10-12-26-24(18-22)32(14-16-41-20-30(34)35)28(43-26)8-6-4-3-5-7-9-29-33(15-17-42-21-31(36)37)25-19-23(45(2)38)11-13-27(25)44-29/h3-13,18-19H,14-17,20-21H2,1-2H3,(H-,34,35,36,37). The third kappa shape index (κ3) is 10.4. The number of carboxylic acid groups (broad SMARTS) is 2. The van der Waals surface area contributed by atoms with Crippen LogP contribution >= 0.6 is 58.7 Å². The monoisotopic (exact) mass is 720 g/mol. The van der Waals surface area contributed by atoms with Gasteiger partial charge < -0.3 is 24.1 Å². The topological polar surface area (TPSA) is 111 Å². The number of fused-ring (bicyclic) bond motifs is 2. The summed E-state index contributed by atoms with van der Waals surface area (Å²) in [5, 5.41) is 21.9. The van der Waals surface area contributed by atoms with Gasteiger partial charge >= 0.3 is 5.97 Å². The minimum Gasteiger partial charge on any atom is -0.549 e. The van der Waals surface area contributed by atoms with Crippen molar-refractivity contribution in [3.63, 3.8) is 0 Å². The van der Waals surface area contributed by atoms with Gasteiger partial charge in [0.2, 0.25) is 5.52 Å². The summed E-state index contributed by atoms with van der Waals surface area (Å²) < 4.78 is 21.0. The second-order valence-corrected chi connectivity index (χ2v) is 15.5. The van der Waals surface area contributed by atoms with Crippen molar-refractivity contribution in [2.75, 3.05) is 47.0 Å². The van der Waals surface area contributed by atoms with E-state index in [2.05, 4.69) is 9.47 Å². The van der Waals surface area contributed by atoms with Gasteiger partial charge in [-0.15, -0.1) is 23.5 Å². The van der Waals surface area contributed by atoms with Crippen molar-refractivity contribution in [3.8, 4) is 5.75 Å². The van der Waals surface area contributed by atoms with E-state index in [9.17, 15) is 18.9 Å². The molecule has 1 N–H and O–H groups in total. The molecule has 14 heteroatoms. The quantitative estimate of drug-likeness (QED) is 0.0831. The molecule has 0 fully saturated rings. The Hall–Kier alpha value is -2.62. The lowest BCUT2D eigenvalue weighted by Gasteiger charge is -2.20. The summed E-state index contributed by atoms with van der Waals surface area (Å²) in [7, 11) is -1.10. The van der Waals surface area contributed by atoms with Gasteiger partial charge in [0.25, 0.3) is 5.01 Å². The molecule has 0 spiro atoms. The number of carbonyl (C=O) groups is 2. The Morgan fingerprint density at radius 2 is 1.84 bits per heavy atom. The van der Waals surface area contributed by atoms with E-state index in [4.69, 9.17) is 9.29 Å². The third-order valence-corrected chi connectivity index (χ3v) is 11.6. The van der Waals surface area contributed by atoms with Crippen molar-refractivity contribution in [2.24, 2.45) is 0 Å². The molecule has 2 aromatic carbocycles. The van der Waals surface area contributed by atoms with Crippen molar-refractivity contribution in [1.82, 2.24) is 0 Å². The van der Waals surface area contributed by atoms with Crippen LogP contribution in [0.25, 0.3) is 16.3 Å². The molecule has 238 valence electrons. The van der Waals surface area contributed by atoms with Gasteiger partial charge in [-0.25, -0.2) is 0 Å². The number of carboxylic acids is 2.